The van der Waals surface area contributed by atoms with Crippen LogP contribution in [0.4, 0.5) is 5.69 Å². The Morgan fingerprint density at radius 3 is 2.78 bits per heavy atom. The van der Waals surface area contributed by atoms with Crippen LogP contribution in [0.1, 0.15) is 30.6 Å². The number of sulfonamides is 1. The third-order valence-corrected chi connectivity index (χ3v) is 5.28. The number of benzene rings is 1. The van der Waals surface area contributed by atoms with Crippen LogP contribution in [0.3, 0.4) is 0 Å². The molecule has 0 spiro atoms. The maximum atomic E-state index is 12.5. The number of carbonyl (C=O) groups excluding carboxylic acids is 1. The molecule has 2 N–H and O–H groups in total. The third kappa shape index (κ3) is 3.40. The minimum Gasteiger partial charge on any atom is -0.326 e. The summed E-state index contributed by atoms with van der Waals surface area (Å²) in [4.78, 5) is 15.7. The van der Waals surface area contributed by atoms with Gasteiger partial charge in [0.25, 0.3) is 0 Å². The van der Waals surface area contributed by atoms with Gasteiger partial charge in [0.05, 0.1) is 16.6 Å². The Bertz CT molecular complexity index is 835. The quantitative estimate of drug-likeness (QED) is 0.897. The highest BCUT2D eigenvalue weighted by Crippen LogP contribution is 2.26. The minimum atomic E-state index is -3.66. The van der Waals surface area contributed by atoms with E-state index in [9.17, 15) is 13.2 Å². The second-order valence-corrected chi connectivity index (χ2v) is 7.18. The molecule has 2 heterocycles. The average Bonchev–Trinajstić information content (AvgIpc) is 2.54. The van der Waals surface area contributed by atoms with Crippen LogP contribution in [0.25, 0.3) is 0 Å². The largest absolute Gasteiger partial charge is 0.326 e. The maximum absolute atomic E-state index is 12.5. The van der Waals surface area contributed by atoms with E-state index >= 15 is 0 Å². The van der Waals surface area contributed by atoms with Crippen molar-refractivity contribution >= 4 is 21.6 Å². The normalized spacial score (nSPS) is 15.6. The molecule has 0 aliphatic carbocycles. The number of fused-ring (bicyclic) bond motifs is 1. The van der Waals surface area contributed by atoms with Gasteiger partial charge < -0.3 is 5.32 Å². The molecule has 1 aliphatic heterocycles. The summed E-state index contributed by atoms with van der Waals surface area (Å²) in [7, 11) is -3.66. The average molecular weight is 331 g/mol. The van der Waals surface area contributed by atoms with Crippen molar-refractivity contribution in [1.82, 2.24) is 9.71 Å². The number of rotatable bonds is 4. The van der Waals surface area contributed by atoms with Gasteiger partial charge in [0.1, 0.15) is 0 Å². The molecule has 0 saturated carbocycles. The van der Waals surface area contributed by atoms with Crippen LogP contribution in [0.15, 0.2) is 47.5 Å². The Labute approximate surface area is 135 Å². The van der Waals surface area contributed by atoms with E-state index in [0.717, 1.165) is 5.56 Å². The molecule has 6 nitrogen and oxygen atoms in total. The first-order valence-electron chi connectivity index (χ1n) is 7.32. The topological polar surface area (TPSA) is 88.2 Å². The monoisotopic (exact) mass is 331 g/mol. The van der Waals surface area contributed by atoms with E-state index < -0.39 is 16.1 Å². The Morgan fingerprint density at radius 1 is 1.22 bits per heavy atom. The number of nitrogens with zero attached hydrogens (tertiary/aromatic N) is 1. The molecule has 0 radical (unpaired) electrons. The van der Waals surface area contributed by atoms with Gasteiger partial charge in [-0.3, -0.25) is 9.78 Å². The highest BCUT2D eigenvalue weighted by molar-refractivity contribution is 7.89. The lowest BCUT2D eigenvalue weighted by Crippen LogP contribution is -2.28. The van der Waals surface area contributed by atoms with Crippen LogP contribution >= 0.6 is 0 Å². The fraction of sp³-hybridized carbons (Fsp3) is 0.250. The van der Waals surface area contributed by atoms with Crippen LogP contribution in [0.5, 0.6) is 0 Å². The molecule has 1 atom stereocenters. The van der Waals surface area contributed by atoms with Gasteiger partial charge in [0.2, 0.25) is 15.9 Å². The molecule has 0 bridgehead atoms. The molecule has 7 heteroatoms. The molecule has 0 unspecified atom stereocenters. The molecule has 1 aromatic carbocycles. The number of aryl methyl sites for hydroxylation is 1. The number of nitrogens with one attached hydrogen (secondary N) is 2. The number of hydrogen-bond donors (Lipinski definition) is 2. The van der Waals surface area contributed by atoms with Gasteiger partial charge in [-0.2, -0.15) is 0 Å². The van der Waals surface area contributed by atoms with E-state index in [-0.39, 0.29) is 10.8 Å². The summed E-state index contributed by atoms with van der Waals surface area (Å²) in [5.74, 6) is -0.0463. The summed E-state index contributed by atoms with van der Waals surface area (Å²) in [5, 5.41) is 2.74. The molecule has 23 heavy (non-hydrogen) atoms. The molecule has 120 valence electrons. The van der Waals surface area contributed by atoms with Crippen molar-refractivity contribution in [3.8, 4) is 0 Å². The molecule has 0 saturated heterocycles. The standard InChI is InChI=1S/C16H17N3O3S/c1-11(14-4-2-3-9-17-14)19-23(21,22)13-6-7-15-12(10-13)5-8-16(20)18-15/h2-4,6-7,9-11,19H,5,8H2,1H3,(H,18,20)/t11-/m0/s1. The Morgan fingerprint density at radius 2 is 2.04 bits per heavy atom. The Balaban J connectivity index is 1.84. The van der Waals surface area contributed by atoms with Gasteiger partial charge in [-0.1, -0.05) is 6.07 Å². The number of anilines is 1. The van der Waals surface area contributed by atoms with Gasteiger partial charge in [0, 0.05) is 18.3 Å². The molecule has 2 aromatic rings. The first-order chi connectivity index (χ1) is 11.0. The highest BCUT2D eigenvalue weighted by Gasteiger charge is 2.22. The summed E-state index contributed by atoms with van der Waals surface area (Å²) in [6.45, 7) is 1.75. The molecular weight excluding hydrogens is 314 g/mol. The van der Waals surface area contributed by atoms with E-state index in [4.69, 9.17) is 0 Å². The summed E-state index contributed by atoms with van der Waals surface area (Å²) >= 11 is 0. The van der Waals surface area contributed by atoms with Gasteiger partial charge in [-0.05, 0) is 49.2 Å². The smallest absolute Gasteiger partial charge is 0.241 e. The van der Waals surface area contributed by atoms with Crippen molar-refractivity contribution in [2.45, 2.75) is 30.7 Å². The SMILES string of the molecule is C[C@H](NS(=O)(=O)c1ccc2c(c1)CCC(=O)N2)c1ccccn1. The van der Waals surface area contributed by atoms with Gasteiger partial charge in [0.15, 0.2) is 0 Å². The number of aromatic nitrogens is 1. The first kappa shape index (κ1) is 15.6. The van der Waals surface area contributed by atoms with E-state index in [1.807, 2.05) is 6.07 Å². The maximum Gasteiger partial charge on any atom is 0.241 e. The van der Waals surface area contributed by atoms with Crippen LogP contribution in [0, 0.1) is 0 Å². The van der Waals surface area contributed by atoms with Crippen LogP contribution in [0.2, 0.25) is 0 Å². The van der Waals surface area contributed by atoms with Crippen LogP contribution in [-0.2, 0) is 21.2 Å². The van der Waals surface area contributed by atoms with Crippen LogP contribution < -0.4 is 10.0 Å². The van der Waals surface area contributed by atoms with Crippen molar-refractivity contribution in [3.05, 3.63) is 53.9 Å². The summed E-state index contributed by atoms with van der Waals surface area (Å²) in [6, 6.07) is 9.68. The first-order valence-corrected chi connectivity index (χ1v) is 8.80. The predicted octanol–water partition coefficient (Wildman–Crippen LogP) is 2.01. The zero-order chi connectivity index (χ0) is 16.4. The Kier molecular flexibility index (Phi) is 4.14. The second-order valence-electron chi connectivity index (χ2n) is 5.46. The van der Waals surface area contributed by atoms with Crippen molar-refractivity contribution in [2.75, 3.05) is 5.32 Å². The predicted molar refractivity (Wildman–Crippen MR) is 86.4 cm³/mol. The molecule has 3 rings (SSSR count). The lowest BCUT2D eigenvalue weighted by Gasteiger charge is -2.18. The zero-order valence-electron chi connectivity index (χ0n) is 12.6. The molecule has 1 amide bonds. The molecule has 1 aliphatic rings. The van der Waals surface area contributed by atoms with Gasteiger partial charge >= 0.3 is 0 Å². The lowest BCUT2D eigenvalue weighted by molar-refractivity contribution is -0.116. The van der Waals surface area contributed by atoms with E-state index in [1.165, 1.54) is 6.07 Å². The van der Waals surface area contributed by atoms with E-state index in [2.05, 4.69) is 15.0 Å². The molecule has 1 aromatic heterocycles. The molecular formula is C16H17N3O3S. The third-order valence-electron chi connectivity index (χ3n) is 3.75. The number of hydrogen-bond acceptors (Lipinski definition) is 4. The summed E-state index contributed by atoms with van der Waals surface area (Å²) in [6.07, 6.45) is 2.54. The van der Waals surface area contributed by atoms with Crippen LogP contribution in [-0.4, -0.2) is 19.3 Å². The van der Waals surface area contributed by atoms with Crippen molar-refractivity contribution in [2.24, 2.45) is 0 Å². The van der Waals surface area contributed by atoms with Crippen molar-refractivity contribution in [3.63, 3.8) is 0 Å². The van der Waals surface area contributed by atoms with E-state index in [1.54, 1.807) is 37.4 Å². The van der Waals surface area contributed by atoms with Crippen molar-refractivity contribution < 1.29 is 13.2 Å². The second kappa shape index (κ2) is 6.10. The summed E-state index contributed by atoms with van der Waals surface area (Å²) < 4.78 is 27.7. The highest BCUT2D eigenvalue weighted by atomic mass is 32.2. The van der Waals surface area contributed by atoms with Gasteiger partial charge in [-0.15, -0.1) is 0 Å². The van der Waals surface area contributed by atoms with E-state index in [0.29, 0.717) is 24.2 Å². The number of pyridine rings is 1. The molecule has 0 fully saturated rings. The number of carbonyl (C=O) groups is 1. The lowest BCUT2D eigenvalue weighted by atomic mass is 10.0. The van der Waals surface area contributed by atoms with Gasteiger partial charge in [-0.25, -0.2) is 13.1 Å². The Hall–Kier alpha value is -2.25. The van der Waals surface area contributed by atoms with Crippen molar-refractivity contribution in [1.29, 1.82) is 0 Å². The fourth-order valence-corrected chi connectivity index (χ4v) is 3.79. The number of amides is 1. The summed E-state index contributed by atoms with van der Waals surface area (Å²) in [5.41, 5.74) is 2.16. The fourth-order valence-electron chi connectivity index (χ4n) is 2.52. The minimum absolute atomic E-state index is 0.0463. The zero-order valence-corrected chi connectivity index (χ0v) is 13.4.